The fourth-order valence-electron chi connectivity index (χ4n) is 2.13. The number of hydrogen-bond donors (Lipinski definition) is 0. The van der Waals surface area contributed by atoms with Crippen LogP contribution in [0.25, 0.3) is 10.9 Å². The number of pyridine rings is 2. The summed E-state index contributed by atoms with van der Waals surface area (Å²) in [5.74, 6) is 0.924. The summed E-state index contributed by atoms with van der Waals surface area (Å²) in [6.07, 6.45) is 7.81. The third-order valence-corrected chi connectivity index (χ3v) is 3.21. The van der Waals surface area contributed by atoms with Crippen LogP contribution in [0.2, 0.25) is 0 Å². The summed E-state index contributed by atoms with van der Waals surface area (Å²) >= 11 is 0. The molecule has 3 aromatic heterocycles. The van der Waals surface area contributed by atoms with Crippen LogP contribution in [0, 0.1) is 0 Å². The molecule has 0 aliphatic rings. The number of aromatic nitrogens is 4. The highest BCUT2D eigenvalue weighted by atomic mass is 15.2. The van der Waals surface area contributed by atoms with Gasteiger partial charge in [-0.15, -0.1) is 0 Å². The quantitative estimate of drug-likeness (QED) is 0.723. The molecule has 0 aliphatic carbocycles. The van der Waals surface area contributed by atoms with Gasteiger partial charge in [0.1, 0.15) is 12.1 Å². The summed E-state index contributed by atoms with van der Waals surface area (Å²) < 4.78 is 0. The Hall–Kier alpha value is -2.56. The van der Waals surface area contributed by atoms with E-state index in [9.17, 15) is 0 Å². The SMILES string of the molecule is CN(CCc1ccccn1)c1ncnc2cnccc12. The number of likely N-dealkylation sites (N-methyl/N-ethyl adjacent to an activating group) is 1. The molecule has 0 N–H and O–H groups in total. The third kappa shape index (κ3) is 2.56. The average molecular weight is 265 g/mol. The van der Waals surface area contributed by atoms with Crippen LogP contribution in [0.1, 0.15) is 5.69 Å². The molecule has 100 valence electrons. The van der Waals surface area contributed by atoms with Gasteiger partial charge in [-0.2, -0.15) is 0 Å². The average Bonchev–Trinajstić information content (AvgIpc) is 2.53. The number of hydrogen-bond acceptors (Lipinski definition) is 5. The first-order valence-corrected chi connectivity index (χ1v) is 6.50. The first kappa shape index (κ1) is 12.5. The molecule has 0 saturated carbocycles. The second-order valence-electron chi connectivity index (χ2n) is 4.58. The van der Waals surface area contributed by atoms with E-state index < -0.39 is 0 Å². The minimum atomic E-state index is 0.853. The van der Waals surface area contributed by atoms with E-state index >= 15 is 0 Å². The molecule has 0 spiro atoms. The largest absolute Gasteiger partial charge is 0.359 e. The zero-order valence-corrected chi connectivity index (χ0v) is 11.3. The fraction of sp³-hybridized carbons (Fsp3) is 0.200. The molecule has 3 rings (SSSR count). The van der Waals surface area contributed by atoms with Crippen molar-refractivity contribution in [3.63, 3.8) is 0 Å². The van der Waals surface area contributed by atoms with Crippen molar-refractivity contribution in [3.8, 4) is 0 Å². The third-order valence-electron chi connectivity index (χ3n) is 3.21. The lowest BCUT2D eigenvalue weighted by Gasteiger charge is -2.19. The highest BCUT2D eigenvalue weighted by Crippen LogP contribution is 2.20. The van der Waals surface area contributed by atoms with Crippen LogP contribution < -0.4 is 4.90 Å². The van der Waals surface area contributed by atoms with E-state index in [1.54, 1.807) is 18.7 Å². The Balaban J connectivity index is 1.80. The minimum absolute atomic E-state index is 0.853. The smallest absolute Gasteiger partial charge is 0.139 e. The molecular formula is C15H15N5. The van der Waals surface area contributed by atoms with Gasteiger partial charge < -0.3 is 4.90 Å². The van der Waals surface area contributed by atoms with E-state index in [-0.39, 0.29) is 0 Å². The zero-order chi connectivity index (χ0) is 13.8. The van der Waals surface area contributed by atoms with Crippen molar-refractivity contribution in [2.45, 2.75) is 6.42 Å². The summed E-state index contributed by atoms with van der Waals surface area (Å²) in [7, 11) is 2.03. The van der Waals surface area contributed by atoms with E-state index in [0.29, 0.717) is 0 Å². The Kier molecular flexibility index (Phi) is 3.50. The normalized spacial score (nSPS) is 10.7. The van der Waals surface area contributed by atoms with Crippen molar-refractivity contribution in [1.29, 1.82) is 0 Å². The molecule has 5 heteroatoms. The molecule has 0 bridgehead atoms. The summed E-state index contributed by atoms with van der Waals surface area (Å²) in [6, 6.07) is 7.92. The second kappa shape index (κ2) is 5.61. The van der Waals surface area contributed by atoms with Gasteiger partial charge in [0.05, 0.1) is 11.7 Å². The lowest BCUT2D eigenvalue weighted by atomic mass is 10.2. The predicted molar refractivity (Wildman–Crippen MR) is 78.5 cm³/mol. The molecule has 3 aromatic rings. The van der Waals surface area contributed by atoms with Crippen molar-refractivity contribution >= 4 is 16.7 Å². The van der Waals surface area contributed by atoms with Crippen molar-refractivity contribution in [2.24, 2.45) is 0 Å². The zero-order valence-electron chi connectivity index (χ0n) is 11.3. The Bertz CT molecular complexity index is 693. The van der Waals surface area contributed by atoms with E-state index in [1.807, 2.05) is 37.5 Å². The maximum atomic E-state index is 4.39. The van der Waals surface area contributed by atoms with E-state index in [4.69, 9.17) is 0 Å². The fourth-order valence-corrected chi connectivity index (χ4v) is 2.13. The molecule has 0 atom stereocenters. The van der Waals surface area contributed by atoms with Gasteiger partial charge in [0.2, 0.25) is 0 Å². The molecule has 3 heterocycles. The van der Waals surface area contributed by atoms with E-state index in [1.165, 1.54) is 0 Å². The van der Waals surface area contributed by atoms with Gasteiger partial charge in [0.25, 0.3) is 0 Å². The maximum absolute atomic E-state index is 4.39. The molecule has 0 fully saturated rings. The number of anilines is 1. The van der Waals surface area contributed by atoms with Crippen LogP contribution in [-0.4, -0.2) is 33.5 Å². The Labute approximate surface area is 117 Å². The Morgan fingerprint density at radius 1 is 1.05 bits per heavy atom. The summed E-state index contributed by atoms with van der Waals surface area (Å²) in [6.45, 7) is 0.853. The van der Waals surface area contributed by atoms with Gasteiger partial charge in [-0.1, -0.05) is 6.07 Å². The van der Waals surface area contributed by atoms with Crippen molar-refractivity contribution in [2.75, 3.05) is 18.5 Å². The standard InChI is InChI=1S/C15H15N5/c1-20(9-6-12-4-2-3-7-17-12)15-13-5-8-16-10-14(13)18-11-19-15/h2-5,7-8,10-11H,6,9H2,1H3. The first-order valence-electron chi connectivity index (χ1n) is 6.50. The van der Waals surface area contributed by atoms with E-state index in [0.717, 1.165) is 35.4 Å². The van der Waals surface area contributed by atoms with Gasteiger partial charge in [0.15, 0.2) is 0 Å². The van der Waals surface area contributed by atoms with Crippen LogP contribution in [0.15, 0.2) is 49.2 Å². The van der Waals surface area contributed by atoms with Gasteiger partial charge in [0, 0.05) is 43.5 Å². The molecule has 0 aromatic carbocycles. The van der Waals surface area contributed by atoms with Crippen LogP contribution >= 0.6 is 0 Å². The maximum Gasteiger partial charge on any atom is 0.139 e. The van der Waals surface area contributed by atoms with Gasteiger partial charge >= 0.3 is 0 Å². The lowest BCUT2D eigenvalue weighted by Crippen LogP contribution is -2.22. The monoisotopic (exact) mass is 265 g/mol. The van der Waals surface area contributed by atoms with Gasteiger partial charge in [-0.3, -0.25) is 9.97 Å². The Morgan fingerprint density at radius 3 is 2.85 bits per heavy atom. The highest BCUT2D eigenvalue weighted by Gasteiger charge is 2.08. The topological polar surface area (TPSA) is 54.8 Å². The van der Waals surface area contributed by atoms with Crippen molar-refractivity contribution in [1.82, 2.24) is 19.9 Å². The van der Waals surface area contributed by atoms with Crippen LogP contribution in [0.3, 0.4) is 0 Å². The van der Waals surface area contributed by atoms with Crippen LogP contribution in [0.4, 0.5) is 5.82 Å². The molecule has 0 saturated heterocycles. The molecule has 0 radical (unpaired) electrons. The number of nitrogens with zero attached hydrogens (tertiary/aromatic N) is 5. The van der Waals surface area contributed by atoms with Gasteiger partial charge in [-0.25, -0.2) is 9.97 Å². The van der Waals surface area contributed by atoms with Crippen LogP contribution in [0.5, 0.6) is 0 Å². The molecule has 20 heavy (non-hydrogen) atoms. The number of rotatable bonds is 4. The molecule has 0 amide bonds. The summed E-state index contributed by atoms with van der Waals surface area (Å²) in [5.41, 5.74) is 1.95. The lowest BCUT2D eigenvalue weighted by molar-refractivity contribution is 0.841. The molecular weight excluding hydrogens is 250 g/mol. The first-order chi connectivity index (χ1) is 9.84. The molecule has 0 aliphatic heterocycles. The number of fused-ring (bicyclic) bond motifs is 1. The predicted octanol–water partition coefficient (Wildman–Crippen LogP) is 2.10. The van der Waals surface area contributed by atoms with Crippen LogP contribution in [-0.2, 0) is 6.42 Å². The van der Waals surface area contributed by atoms with Gasteiger partial charge in [-0.05, 0) is 18.2 Å². The summed E-state index contributed by atoms with van der Waals surface area (Å²) in [4.78, 5) is 19.2. The minimum Gasteiger partial charge on any atom is -0.359 e. The molecule has 5 nitrogen and oxygen atoms in total. The highest BCUT2D eigenvalue weighted by molar-refractivity contribution is 5.88. The summed E-state index contributed by atoms with van der Waals surface area (Å²) in [5, 5.41) is 1.02. The Morgan fingerprint density at radius 2 is 2.00 bits per heavy atom. The molecule has 0 unspecified atom stereocenters. The van der Waals surface area contributed by atoms with Crippen molar-refractivity contribution in [3.05, 3.63) is 54.9 Å². The van der Waals surface area contributed by atoms with E-state index in [2.05, 4.69) is 24.8 Å². The second-order valence-corrected chi connectivity index (χ2v) is 4.58. The van der Waals surface area contributed by atoms with Crippen molar-refractivity contribution < 1.29 is 0 Å².